The second kappa shape index (κ2) is 9.38. The number of fused-ring (bicyclic) bond motifs is 1. The monoisotopic (exact) mass is 396 g/mol. The summed E-state index contributed by atoms with van der Waals surface area (Å²) in [7, 11) is 0. The minimum Gasteiger partial charge on any atom is -0.393 e. The van der Waals surface area contributed by atoms with Crippen LogP contribution in [0, 0.1) is 35.0 Å². The summed E-state index contributed by atoms with van der Waals surface area (Å²) in [5, 5.41) is 10.0. The Hall–Kier alpha value is -1.08. The van der Waals surface area contributed by atoms with Crippen molar-refractivity contribution in [1.82, 2.24) is 0 Å². The first-order valence-corrected chi connectivity index (χ1v) is 12.2. The standard InChI is InChI=1S/C28H44O/c1-19(2)20(3)9-10-22(5)26-15-16-27-23(8-7-17-28(26,27)6)12-13-24-18-25(29)14-11-21(24)4/h9-10,12-13,19-20,22,25-27,29H,4,7-8,11,14-18H2,1-3,5-6H3/b10-9+,23-12+,24-13?/t20-,22+,25-,26+,27-,28+/m0/s1. The van der Waals surface area contributed by atoms with Crippen LogP contribution in [-0.4, -0.2) is 11.2 Å². The Balaban J connectivity index is 1.75. The van der Waals surface area contributed by atoms with Crippen LogP contribution in [-0.2, 0) is 0 Å². The van der Waals surface area contributed by atoms with Crippen molar-refractivity contribution in [2.75, 3.05) is 0 Å². The van der Waals surface area contributed by atoms with Crippen molar-refractivity contribution in [3.8, 4) is 0 Å². The highest BCUT2D eigenvalue weighted by atomic mass is 16.3. The highest BCUT2D eigenvalue weighted by Gasteiger charge is 2.50. The third-order valence-corrected chi connectivity index (χ3v) is 8.63. The predicted octanol–water partition coefficient (Wildman–Crippen LogP) is 7.64. The van der Waals surface area contributed by atoms with Gasteiger partial charge in [-0.15, -0.1) is 0 Å². The van der Waals surface area contributed by atoms with E-state index in [1.54, 1.807) is 5.57 Å². The van der Waals surface area contributed by atoms with Gasteiger partial charge in [-0.2, -0.15) is 0 Å². The average Bonchev–Trinajstić information content (AvgIpc) is 3.04. The molecule has 0 bridgehead atoms. The summed E-state index contributed by atoms with van der Waals surface area (Å²) >= 11 is 0. The SMILES string of the molecule is C=C1CC[C@H](O)CC1=C/C=C1\CCC[C@]2(C)[C@@H]([C@H](C)/C=C/[C@H](C)C(C)C)CC[C@@H]12. The van der Waals surface area contributed by atoms with Crippen LogP contribution < -0.4 is 0 Å². The Morgan fingerprint density at radius 2 is 1.79 bits per heavy atom. The van der Waals surface area contributed by atoms with E-state index in [2.05, 4.69) is 65.5 Å². The van der Waals surface area contributed by atoms with Gasteiger partial charge in [0.05, 0.1) is 6.10 Å². The van der Waals surface area contributed by atoms with E-state index in [-0.39, 0.29) is 6.10 Å². The molecule has 1 N–H and O–H groups in total. The maximum Gasteiger partial charge on any atom is 0.0583 e. The van der Waals surface area contributed by atoms with Crippen molar-refractivity contribution in [1.29, 1.82) is 0 Å². The molecule has 0 spiro atoms. The molecule has 0 amide bonds. The topological polar surface area (TPSA) is 20.2 Å². The largest absolute Gasteiger partial charge is 0.393 e. The van der Waals surface area contributed by atoms with E-state index in [4.69, 9.17) is 0 Å². The number of allylic oxidation sites excluding steroid dienone is 6. The van der Waals surface area contributed by atoms with Crippen LogP contribution in [0.5, 0.6) is 0 Å². The van der Waals surface area contributed by atoms with Crippen LogP contribution >= 0.6 is 0 Å². The molecule has 0 unspecified atom stereocenters. The van der Waals surface area contributed by atoms with E-state index in [0.29, 0.717) is 17.3 Å². The van der Waals surface area contributed by atoms with Crippen LogP contribution in [0.25, 0.3) is 0 Å². The van der Waals surface area contributed by atoms with Gasteiger partial charge < -0.3 is 5.11 Å². The zero-order chi connectivity index (χ0) is 21.2. The molecule has 0 radical (unpaired) electrons. The molecule has 0 heterocycles. The zero-order valence-electron chi connectivity index (χ0n) is 19.6. The molecule has 0 aromatic carbocycles. The van der Waals surface area contributed by atoms with Gasteiger partial charge in [0.15, 0.2) is 0 Å². The van der Waals surface area contributed by atoms with E-state index < -0.39 is 0 Å². The molecule has 3 aliphatic rings. The molecule has 29 heavy (non-hydrogen) atoms. The van der Waals surface area contributed by atoms with Crippen molar-refractivity contribution in [3.63, 3.8) is 0 Å². The summed E-state index contributed by atoms with van der Waals surface area (Å²) in [6, 6.07) is 0. The van der Waals surface area contributed by atoms with Gasteiger partial charge in [0.2, 0.25) is 0 Å². The molecule has 0 aromatic heterocycles. The number of aliphatic hydroxyl groups is 1. The zero-order valence-corrected chi connectivity index (χ0v) is 19.6. The quantitative estimate of drug-likeness (QED) is 0.473. The van der Waals surface area contributed by atoms with Crippen LogP contribution in [0.1, 0.15) is 86.0 Å². The lowest BCUT2D eigenvalue weighted by molar-refractivity contribution is 0.112. The first-order valence-electron chi connectivity index (χ1n) is 12.2. The Kier molecular flexibility index (Phi) is 7.31. The van der Waals surface area contributed by atoms with Gasteiger partial charge in [0, 0.05) is 0 Å². The van der Waals surface area contributed by atoms with Gasteiger partial charge in [-0.05, 0) is 91.9 Å². The second-order valence-corrected chi connectivity index (χ2v) is 10.9. The molecule has 6 atom stereocenters. The molecule has 3 fully saturated rings. The molecule has 3 saturated carbocycles. The van der Waals surface area contributed by atoms with Crippen molar-refractivity contribution in [3.05, 3.63) is 47.6 Å². The summed E-state index contributed by atoms with van der Waals surface area (Å²) in [5.41, 5.74) is 4.61. The molecule has 0 aliphatic heterocycles. The summed E-state index contributed by atoms with van der Waals surface area (Å²) in [6.07, 6.45) is 18.8. The molecular weight excluding hydrogens is 352 g/mol. The number of hydrogen-bond donors (Lipinski definition) is 1. The smallest absolute Gasteiger partial charge is 0.0583 e. The molecular formula is C28H44O. The summed E-state index contributed by atoms with van der Waals surface area (Å²) in [5.74, 6) is 3.58. The van der Waals surface area contributed by atoms with E-state index in [0.717, 1.165) is 37.0 Å². The van der Waals surface area contributed by atoms with Gasteiger partial charge in [-0.25, -0.2) is 0 Å². The van der Waals surface area contributed by atoms with E-state index in [1.807, 2.05) is 0 Å². The lowest BCUT2D eigenvalue weighted by atomic mass is 9.61. The van der Waals surface area contributed by atoms with Crippen LogP contribution in [0.3, 0.4) is 0 Å². The van der Waals surface area contributed by atoms with E-state index in [9.17, 15) is 5.11 Å². The third kappa shape index (κ3) is 4.98. The Bertz CT molecular complexity index is 678. The Morgan fingerprint density at radius 1 is 1.03 bits per heavy atom. The van der Waals surface area contributed by atoms with Gasteiger partial charge in [0.25, 0.3) is 0 Å². The van der Waals surface area contributed by atoms with Gasteiger partial charge >= 0.3 is 0 Å². The number of hydrogen-bond acceptors (Lipinski definition) is 1. The normalized spacial score (nSPS) is 38.2. The highest BCUT2D eigenvalue weighted by Crippen LogP contribution is 2.59. The molecule has 0 aromatic rings. The lowest BCUT2D eigenvalue weighted by Crippen LogP contribution is -2.35. The molecule has 1 heteroatoms. The summed E-state index contributed by atoms with van der Waals surface area (Å²) in [6.45, 7) is 16.3. The molecule has 3 rings (SSSR count). The second-order valence-electron chi connectivity index (χ2n) is 10.9. The van der Waals surface area contributed by atoms with Crippen molar-refractivity contribution in [2.45, 2.75) is 92.1 Å². The fourth-order valence-electron chi connectivity index (χ4n) is 6.25. The fourth-order valence-corrected chi connectivity index (χ4v) is 6.25. The Labute approximate surface area is 180 Å². The third-order valence-electron chi connectivity index (χ3n) is 8.63. The predicted molar refractivity (Wildman–Crippen MR) is 126 cm³/mol. The van der Waals surface area contributed by atoms with Gasteiger partial charge in [-0.1, -0.05) is 76.6 Å². The van der Waals surface area contributed by atoms with Crippen molar-refractivity contribution < 1.29 is 5.11 Å². The number of aliphatic hydroxyl groups excluding tert-OH is 1. The van der Waals surface area contributed by atoms with Crippen molar-refractivity contribution in [2.24, 2.45) is 35.0 Å². The minimum absolute atomic E-state index is 0.182. The van der Waals surface area contributed by atoms with E-state index >= 15 is 0 Å². The summed E-state index contributed by atoms with van der Waals surface area (Å²) < 4.78 is 0. The highest BCUT2D eigenvalue weighted by molar-refractivity contribution is 5.36. The first-order chi connectivity index (χ1) is 13.7. The maximum absolute atomic E-state index is 10.0. The van der Waals surface area contributed by atoms with E-state index in [1.165, 1.54) is 43.3 Å². The van der Waals surface area contributed by atoms with Gasteiger partial charge in [0.1, 0.15) is 0 Å². The molecule has 162 valence electrons. The lowest BCUT2D eigenvalue weighted by Gasteiger charge is -2.44. The van der Waals surface area contributed by atoms with Crippen LogP contribution in [0.15, 0.2) is 47.6 Å². The minimum atomic E-state index is -0.182. The van der Waals surface area contributed by atoms with Gasteiger partial charge in [-0.3, -0.25) is 0 Å². The molecule has 1 nitrogen and oxygen atoms in total. The fraction of sp³-hybridized carbons (Fsp3) is 0.714. The molecule has 0 saturated heterocycles. The molecule has 3 aliphatic carbocycles. The first kappa shape index (κ1) is 22.6. The van der Waals surface area contributed by atoms with Crippen LogP contribution in [0.2, 0.25) is 0 Å². The summed E-state index contributed by atoms with van der Waals surface area (Å²) in [4.78, 5) is 0. The van der Waals surface area contributed by atoms with Crippen molar-refractivity contribution >= 4 is 0 Å². The Morgan fingerprint density at radius 3 is 2.52 bits per heavy atom. The maximum atomic E-state index is 10.0. The average molecular weight is 397 g/mol. The number of rotatable bonds is 5. The van der Waals surface area contributed by atoms with Crippen LogP contribution in [0.4, 0.5) is 0 Å².